The van der Waals surface area contributed by atoms with Gasteiger partial charge in [-0.15, -0.1) is 11.3 Å². The van der Waals surface area contributed by atoms with E-state index < -0.39 is 5.54 Å². The van der Waals surface area contributed by atoms with Gasteiger partial charge in [-0.1, -0.05) is 6.07 Å². The summed E-state index contributed by atoms with van der Waals surface area (Å²) in [6.45, 7) is -0.101. The largest absolute Gasteiger partial charge is 0.394 e. The highest BCUT2D eigenvalue weighted by Crippen LogP contribution is 2.34. The van der Waals surface area contributed by atoms with Gasteiger partial charge in [0, 0.05) is 0 Å². The molecule has 1 aliphatic carbocycles. The maximum Gasteiger partial charge on any atom is 0.261 e. The fraction of sp³-hybridized carbons (Fsp3) is 0.455. The Balaban J connectivity index is 1.75. The second-order valence-electron chi connectivity index (χ2n) is 4.15. The summed E-state index contributed by atoms with van der Waals surface area (Å²) in [5, 5.41) is 16.1. The molecular formula is C11H14N2O3S. The monoisotopic (exact) mass is 254 g/mol. The topological polar surface area (TPSA) is 78.4 Å². The molecule has 3 N–H and O–H groups in total. The zero-order valence-electron chi connectivity index (χ0n) is 9.23. The molecule has 1 aromatic heterocycles. The maximum absolute atomic E-state index is 11.5. The minimum absolute atomic E-state index is 0.0440. The van der Waals surface area contributed by atoms with E-state index in [0.29, 0.717) is 4.88 Å². The van der Waals surface area contributed by atoms with Crippen molar-refractivity contribution >= 4 is 23.2 Å². The van der Waals surface area contributed by atoms with Crippen LogP contribution in [0.3, 0.4) is 0 Å². The van der Waals surface area contributed by atoms with Gasteiger partial charge in [0.25, 0.3) is 5.91 Å². The van der Waals surface area contributed by atoms with Gasteiger partial charge in [0.05, 0.1) is 23.6 Å². The summed E-state index contributed by atoms with van der Waals surface area (Å²) in [6, 6.07) is 3.48. The molecule has 0 saturated heterocycles. The molecule has 1 aliphatic rings. The van der Waals surface area contributed by atoms with Crippen LogP contribution in [0.1, 0.15) is 22.5 Å². The van der Waals surface area contributed by atoms with Crippen LogP contribution in [0, 0.1) is 0 Å². The molecule has 0 atom stereocenters. The molecule has 1 saturated carbocycles. The van der Waals surface area contributed by atoms with E-state index in [1.165, 1.54) is 11.3 Å². The quantitative estimate of drug-likeness (QED) is 0.698. The molecule has 1 fully saturated rings. The number of hydrogen-bond donors (Lipinski definition) is 3. The lowest BCUT2D eigenvalue weighted by atomic mass is 10.3. The number of aliphatic hydroxyl groups excluding tert-OH is 1. The van der Waals surface area contributed by atoms with Crippen LogP contribution in [0.5, 0.6) is 0 Å². The number of aliphatic hydroxyl groups is 1. The van der Waals surface area contributed by atoms with E-state index in [2.05, 4.69) is 10.6 Å². The molecule has 1 aromatic rings. The van der Waals surface area contributed by atoms with Gasteiger partial charge in [-0.25, -0.2) is 0 Å². The summed E-state index contributed by atoms with van der Waals surface area (Å²) in [6.07, 6.45) is 1.60. The summed E-state index contributed by atoms with van der Waals surface area (Å²) in [5.74, 6) is -0.509. The predicted octanol–water partition coefficient (Wildman–Crippen LogP) is 0.119. The van der Waals surface area contributed by atoms with Crippen molar-refractivity contribution in [3.63, 3.8) is 0 Å². The lowest BCUT2D eigenvalue weighted by Gasteiger charge is -2.14. The van der Waals surface area contributed by atoms with Crippen molar-refractivity contribution < 1.29 is 14.7 Å². The molecule has 0 bridgehead atoms. The highest BCUT2D eigenvalue weighted by Gasteiger charge is 2.43. The van der Waals surface area contributed by atoms with E-state index >= 15 is 0 Å². The van der Waals surface area contributed by atoms with E-state index in [1.807, 2.05) is 0 Å². The summed E-state index contributed by atoms with van der Waals surface area (Å²) >= 11 is 1.33. The van der Waals surface area contributed by atoms with Crippen molar-refractivity contribution in [2.24, 2.45) is 0 Å². The van der Waals surface area contributed by atoms with Gasteiger partial charge in [-0.3, -0.25) is 9.59 Å². The summed E-state index contributed by atoms with van der Waals surface area (Å²) in [5.41, 5.74) is -0.426. The van der Waals surface area contributed by atoms with Crippen LogP contribution >= 0.6 is 11.3 Å². The third kappa shape index (κ3) is 3.04. The molecule has 0 unspecified atom stereocenters. The van der Waals surface area contributed by atoms with Crippen molar-refractivity contribution in [1.29, 1.82) is 0 Å². The molecule has 2 amide bonds. The Kier molecular flexibility index (Phi) is 3.44. The molecular weight excluding hydrogens is 240 g/mol. The molecule has 6 heteroatoms. The molecule has 0 aliphatic heterocycles. The minimum Gasteiger partial charge on any atom is -0.394 e. The third-order valence-corrected chi connectivity index (χ3v) is 3.58. The Morgan fingerprint density at radius 1 is 1.47 bits per heavy atom. The number of nitrogens with one attached hydrogen (secondary N) is 2. The van der Waals surface area contributed by atoms with Gasteiger partial charge in [0.1, 0.15) is 0 Å². The normalized spacial score (nSPS) is 16.3. The van der Waals surface area contributed by atoms with Crippen molar-refractivity contribution in [1.82, 2.24) is 10.6 Å². The summed E-state index contributed by atoms with van der Waals surface area (Å²) < 4.78 is 0. The Hall–Kier alpha value is -1.40. The Morgan fingerprint density at radius 3 is 2.76 bits per heavy atom. The number of rotatable bonds is 5. The van der Waals surface area contributed by atoms with E-state index in [0.717, 1.165) is 12.8 Å². The second kappa shape index (κ2) is 4.85. The zero-order valence-corrected chi connectivity index (χ0v) is 10.0. The standard InChI is InChI=1S/C11H14N2O3S/c14-7-11(3-4-11)13-9(15)6-12-10(16)8-2-1-5-17-8/h1-2,5,14H,3-4,6-7H2,(H,12,16)(H,13,15). The first kappa shape index (κ1) is 12.1. The van der Waals surface area contributed by atoms with Crippen LogP contribution in [-0.4, -0.2) is 35.6 Å². The van der Waals surface area contributed by atoms with Crippen LogP contribution < -0.4 is 10.6 Å². The van der Waals surface area contributed by atoms with Gasteiger partial charge in [-0.2, -0.15) is 0 Å². The maximum atomic E-state index is 11.5. The molecule has 1 heterocycles. The third-order valence-electron chi connectivity index (χ3n) is 2.72. The van der Waals surface area contributed by atoms with Crippen LogP contribution in [0.25, 0.3) is 0 Å². The average molecular weight is 254 g/mol. The molecule has 0 aromatic carbocycles. The lowest BCUT2D eigenvalue weighted by Crippen LogP contribution is -2.44. The molecule has 17 heavy (non-hydrogen) atoms. The Bertz CT molecular complexity index is 412. The number of hydrogen-bond acceptors (Lipinski definition) is 4. The Labute approximate surface area is 103 Å². The van der Waals surface area contributed by atoms with Gasteiger partial charge in [0.15, 0.2) is 0 Å². The number of amides is 2. The first-order chi connectivity index (χ1) is 8.15. The SMILES string of the molecule is O=C(CNC(=O)c1cccs1)NC1(CO)CC1. The lowest BCUT2D eigenvalue weighted by molar-refractivity contribution is -0.121. The van der Waals surface area contributed by atoms with Gasteiger partial charge in [0.2, 0.25) is 5.91 Å². The zero-order chi connectivity index (χ0) is 12.3. The summed E-state index contributed by atoms with van der Waals surface area (Å²) in [7, 11) is 0. The van der Waals surface area contributed by atoms with Crippen LogP contribution in [-0.2, 0) is 4.79 Å². The van der Waals surface area contributed by atoms with Gasteiger partial charge in [-0.05, 0) is 24.3 Å². The van der Waals surface area contributed by atoms with Crippen LogP contribution in [0.15, 0.2) is 17.5 Å². The average Bonchev–Trinajstić information content (AvgIpc) is 2.89. The molecule has 2 rings (SSSR count). The van der Waals surface area contributed by atoms with Gasteiger partial charge >= 0.3 is 0 Å². The van der Waals surface area contributed by atoms with Crippen LogP contribution in [0.4, 0.5) is 0 Å². The van der Waals surface area contributed by atoms with Gasteiger partial charge < -0.3 is 15.7 Å². The van der Waals surface area contributed by atoms with Crippen molar-refractivity contribution in [2.45, 2.75) is 18.4 Å². The van der Waals surface area contributed by atoms with Crippen molar-refractivity contribution in [2.75, 3.05) is 13.2 Å². The smallest absolute Gasteiger partial charge is 0.261 e. The van der Waals surface area contributed by atoms with Crippen molar-refractivity contribution in [3.8, 4) is 0 Å². The molecule has 0 spiro atoms. The molecule has 5 nitrogen and oxygen atoms in total. The highest BCUT2D eigenvalue weighted by atomic mass is 32.1. The number of carbonyl (C=O) groups excluding carboxylic acids is 2. The Morgan fingerprint density at radius 2 is 2.24 bits per heavy atom. The minimum atomic E-state index is -0.426. The first-order valence-electron chi connectivity index (χ1n) is 5.39. The predicted molar refractivity (Wildman–Crippen MR) is 63.8 cm³/mol. The van der Waals surface area contributed by atoms with E-state index in [-0.39, 0.29) is 25.0 Å². The summed E-state index contributed by atoms with van der Waals surface area (Å²) in [4.78, 5) is 23.6. The first-order valence-corrected chi connectivity index (χ1v) is 6.27. The fourth-order valence-corrected chi connectivity index (χ4v) is 2.11. The van der Waals surface area contributed by atoms with Crippen molar-refractivity contribution in [3.05, 3.63) is 22.4 Å². The number of carbonyl (C=O) groups is 2. The van der Waals surface area contributed by atoms with Crippen LogP contribution in [0.2, 0.25) is 0 Å². The number of thiophene rings is 1. The highest BCUT2D eigenvalue weighted by molar-refractivity contribution is 7.12. The van der Waals surface area contributed by atoms with E-state index in [4.69, 9.17) is 5.11 Å². The van der Waals surface area contributed by atoms with E-state index in [9.17, 15) is 9.59 Å². The molecule has 92 valence electrons. The molecule has 0 radical (unpaired) electrons. The second-order valence-corrected chi connectivity index (χ2v) is 5.09. The van der Waals surface area contributed by atoms with E-state index in [1.54, 1.807) is 17.5 Å². The fourth-order valence-electron chi connectivity index (χ4n) is 1.47.